The number of hydrogen-bond acceptors (Lipinski definition) is 3. The number of benzene rings is 1. The number of rotatable bonds is 6. The Morgan fingerprint density at radius 1 is 1.33 bits per heavy atom. The van der Waals surface area contributed by atoms with Gasteiger partial charge in [0.05, 0.1) is 12.9 Å². The number of nitrogens with one attached hydrogen (secondary N) is 1. The lowest BCUT2D eigenvalue weighted by molar-refractivity contribution is -0.120. The largest absolute Gasteiger partial charge is 0.376 e. The van der Waals surface area contributed by atoms with Crippen LogP contribution in [0.2, 0.25) is 0 Å². The second-order valence-electron chi connectivity index (χ2n) is 6.92. The number of carbonyl (C=O) groups is 1. The van der Waals surface area contributed by atoms with Crippen molar-refractivity contribution in [1.82, 2.24) is 9.55 Å². The van der Waals surface area contributed by atoms with Gasteiger partial charge < -0.3 is 14.6 Å². The van der Waals surface area contributed by atoms with Crippen LogP contribution in [-0.2, 0) is 29.1 Å². The first kappa shape index (κ1) is 15.4. The molecule has 5 heteroatoms. The van der Waals surface area contributed by atoms with Crippen molar-refractivity contribution < 1.29 is 9.53 Å². The molecule has 4 rings (SSSR count). The van der Waals surface area contributed by atoms with Gasteiger partial charge >= 0.3 is 0 Å². The quantitative estimate of drug-likeness (QED) is 0.888. The van der Waals surface area contributed by atoms with E-state index in [2.05, 4.69) is 14.9 Å². The van der Waals surface area contributed by atoms with Gasteiger partial charge in [0, 0.05) is 43.1 Å². The fourth-order valence-corrected chi connectivity index (χ4v) is 3.20. The van der Waals surface area contributed by atoms with Crippen LogP contribution in [0.3, 0.4) is 0 Å². The number of anilines is 1. The Morgan fingerprint density at radius 2 is 2.25 bits per heavy atom. The highest BCUT2D eigenvalue weighted by Gasteiger charge is 2.25. The Bertz CT molecular complexity index is 721. The maximum atomic E-state index is 12.6. The Hall–Kier alpha value is -2.14. The third-order valence-electron chi connectivity index (χ3n) is 4.86. The lowest BCUT2D eigenvalue weighted by atomic mass is 9.95. The minimum absolute atomic E-state index is 0.0176. The molecule has 1 aliphatic carbocycles. The van der Waals surface area contributed by atoms with E-state index >= 15 is 0 Å². The predicted molar refractivity (Wildman–Crippen MR) is 91.5 cm³/mol. The second kappa shape index (κ2) is 6.77. The number of nitrogens with zero attached hydrogens (tertiary/aromatic N) is 2. The van der Waals surface area contributed by atoms with Gasteiger partial charge in [-0.25, -0.2) is 4.98 Å². The normalized spacial score (nSPS) is 19.8. The maximum absolute atomic E-state index is 12.6. The first-order valence-corrected chi connectivity index (χ1v) is 8.74. The molecule has 2 aliphatic rings. The molecule has 1 amide bonds. The van der Waals surface area contributed by atoms with Gasteiger partial charge in [-0.2, -0.15) is 0 Å². The SMILES string of the molecule is O=C(Nc1cccc(COCC2CC2)c1)C1CCn2cncc2C1. The summed E-state index contributed by atoms with van der Waals surface area (Å²) in [6.07, 6.45) is 7.92. The molecule has 2 aromatic rings. The van der Waals surface area contributed by atoms with Gasteiger partial charge in [-0.1, -0.05) is 12.1 Å². The smallest absolute Gasteiger partial charge is 0.227 e. The number of aryl methyl sites for hydroxylation is 1. The zero-order valence-corrected chi connectivity index (χ0v) is 13.8. The molecule has 5 nitrogen and oxygen atoms in total. The highest BCUT2D eigenvalue weighted by Crippen LogP contribution is 2.29. The molecule has 1 saturated carbocycles. The third kappa shape index (κ3) is 3.67. The van der Waals surface area contributed by atoms with E-state index < -0.39 is 0 Å². The molecular formula is C19H23N3O2. The van der Waals surface area contributed by atoms with E-state index in [0.717, 1.165) is 48.9 Å². The summed E-state index contributed by atoms with van der Waals surface area (Å²) >= 11 is 0. The molecule has 0 bridgehead atoms. The number of imidazole rings is 1. The van der Waals surface area contributed by atoms with E-state index in [0.29, 0.717) is 6.61 Å². The van der Waals surface area contributed by atoms with Gasteiger partial charge in [0.1, 0.15) is 0 Å². The molecule has 1 fully saturated rings. The fourth-order valence-electron chi connectivity index (χ4n) is 3.20. The van der Waals surface area contributed by atoms with Crippen molar-refractivity contribution in [3.8, 4) is 0 Å². The summed E-state index contributed by atoms with van der Waals surface area (Å²) in [4.78, 5) is 16.7. The highest BCUT2D eigenvalue weighted by atomic mass is 16.5. The third-order valence-corrected chi connectivity index (χ3v) is 4.86. The number of hydrogen-bond donors (Lipinski definition) is 1. The summed E-state index contributed by atoms with van der Waals surface area (Å²) in [5, 5.41) is 3.06. The molecule has 1 aliphatic heterocycles. The summed E-state index contributed by atoms with van der Waals surface area (Å²) in [7, 11) is 0. The van der Waals surface area contributed by atoms with Crippen molar-refractivity contribution in [1.29, 1.82) is 0 Å². The lowest BCUT2D eigenvalue weighted by Crippen LogP contribution is -2.29. The topological polar surface area (TPSA) is 56.1 Å². The molecule has 126 valence electrons. The minimum atomic E-state index is 0.0176. The molecule has 2 heterocycles. The molecule has 0 radical (unpaired) electrons. The Balaban J connectivity index is 1.33. The highest BCUT2D eigenvalue weighted by molar-refractivity contribution is 5.92. The Labute approximate surface area is 142 Å². The van der Waals surface area contributed by atoms with Crippen LogP contribution in [0.4, 0.5) is 5.69 Å². The van der Waals surface area contributed by atoms with E-state index in [1.54, 1.807) is 0 Å². The van der Waals surface area contributed by atoms with Crippen LogP contribution < -0.4 is 5.32 Å². The number of ether oxygens (including phenoxy) is 1. The summed E-state index contributed by atoms with van der Waals surface area (Å²) in [5.74, 6) is 0.884. The fraction of sp³-hybridized carbons (Fsp3) is 0.474. The minimum Gasteiger partial charge on any atom is -0.376 e. The molecule has 1 aromatic carbocycles. The molecule has 1 atom stereocenters. The predicted octanol–water partition coefficient (Wildman–Crippen LogP) is 3.01. The van der Waals surface area contributed by atoms with Crippen LogP contribution in [-0.4, -0.2) is 22.1 Å². The van der Waals surface area contributed by atoms with Crippen LogP contribution in [0.1, 0.15) is 30.5 Å². The van der Waals surface area contributed by atoms with Crippen LogP contribution in [0.5, 0.6) is 0 Å². The molecular weight excluding hydrogens is 302 g/mol. The average molecular weight is 325 g/mol. The number of amides is 1. The van der Waals surface area contributed by atoms with E-state index in [1.807, 2.05) is 36.8 Å². The molecule has 0 spiro atoms. The van der Waals surface area contributed by atoms with Crippen molar-refractivity contribution >= 4 is 11.6 Å². The number of aromatic nitrogens is 2. The van der Waals surface area contributed by atoms with E-state index in [9.17, 15) is 4.79 Å². The van der Waals surface area contributed by atoms with Crippen molar-refractivity contribution in [3.05, 3.63) is 48.0 Å². The van der Waals surface area contributed by atoms with Crippen molar-refractivity contribution in [2.75, 3.05) is 11.9 Å². The van der Waals surface area contributed by atoms with E-state index in [1.165, 1.54) is 12.8 Å². The summed E-state index contributed by atoms with van der Waals surface area (Å²) in [5.41, 5.74) is 3.10. The maximum Gasteiger partial charge on any atom is 0.227 e. The van der Waals surface area contributed by atoms with Crippen LogP contribution >= 0.6 is 0 Å². The zero-order valence-electron chi connectivity index (χ0n) is 13.8. The standard InChI is InChI=1S/C19H23N3O2/c23-19(16-6-7-22-13-20-10-18(22)9-16)21-17-3-1-2-15(8-17)12-24-11-14-4-5-14/h1-3,8,10,13-14,16H,4-7,9,11-12H2,(H,21,23). The van der Waals surface area contributed by atoms with Crippen LogP contribution in [0.15, 0.2) is 36.8 Å². The van der Waals surface area contributed by atoms with Gasteiger partial charge in [-0.05, 0) is 42.9 Å². The second-order valence-corrected chi connectivity index (χ2v) is 6.92. The summed E-state index contributed by atoms with van der Waals surface area (Å²) in [6, 6.07) is 7.97. The van der Waals surface area contributed by atoms with Crippen LogP contribution in [0.25, 0.3) is 0 Å². The molecule has 1 unspecified atom stereocenters. The monoisotopic (exact) mass is 325 g/mol. The van der Waals surface area contributed by atoms with Gasteiger partial charge in [-0.3, -0.25) is 4.79 Å². The summed E-state index contributed by atoms with van der Waals surface area (Å²) in [6.45, 7) is 2.33. The first-order chi connectivity index (χ1) is 11.8. The Morgan fingerprint density at radius 3 is 3.12 bits per heavy atom. The zero-order chi connectivity index (χ0) is 16.4. The lowest BCUT2D eigenvalue weighted by Gasteiger charge is -2.23. The first-order valence-electron chi connectivity index (χ1n) is 8.74. The average Bonchev–Trinajstić information content (AvgIpc) is 3.29. The van der Waals surface area contributed by atoms with Crippen molar-refractivity contribution in [2.24, 2.45) is 11.8 Å². The van der Waals surface area contributed by atoms with Gasteiger partial charge in [-0.15, -0.1) is 0 Å². The molecule has 24 heavy (non-hydrogen) atoms. The van der Waals surface area contributed by atoms with E-state index in [4.69, 9.17) is 4.74 Å². The number of carbonyl (C=O) groups excluding carboxylic acids is 1. The van der Waals surface area contributed by atoms with Crippen LogP contribution in [0, 0.1) is 11.8 Å². The molecule has 1 aromatic heterocycles. The van der Waals surface area contributed by atoms with Gasteiger partial charge in [0.2, 0.25) is 5.91 Å². The van der Waals surface area contributed by atoms with Gasteiger partial charge in [0.15, 0.2) is 0 Å². The van der Waals surface area contributed by atoms with E-state index in [-0.39, 0.29) is 11.8 Å². The molecule has 1 N–H and O–H groups in total. The van der Waals surface area contributed by atoms with Crippen molar-refractivity contribution in [2.45, 2.75) is 38.8 Å². The molecule has 0 saturated heterocycles. The number of fused-ring (bicyclic) bond motifs is 1. The van der Waals surface area contributed by atoms with Crippen molar-refractivity contribution in [3.63, 3.8) is 0 Å². The van der Waals surface area contributed by atoms with Gasteiger partial charge in [0.25, 0.3) is 0 Å². The summed E-state index contributed by atoms with van der Waals surface area (Å²) < 4.78 is 7.85. The Kier molecular flexibility index (Phi) is 4.34.